The van der Waals surface area contributed by atoms with Crippen LogP contribution in [-0.4, -0.2) is 14.7 Å². The molecule has 0 aliphatic carbocycles. The number of rotatable bonds is 4. The van der Waals surface area contributed by atoms with Crippen LogP contribution < -0.4 is 10.2 Å². The van der Waals surface area contributed by atoms with Crippen LogP contribution in [0.2, 0.25) is 0 Å². The predicted octanol–water partition coefficient (Wildman–Crippen LogP) is 6.11. The van der Waals surface area contributed by atoms with Gasteiger partial charge < -0.3 is 14.8 Å². The number of nitrogens with zero attached hydrogens (tertiary/aromatic N) is 3. The molecule has 33 heavy (non-hydrogen) atoms. The highest BCUT2D eigenvalue weighted by Crippen LogP contribution is 2.43. The summed E-state index contributed by atoms with van der Waals surface area (Å²) in [6.07, 6.45) is 1.81. The van der Waals surface area contributed by atoms with Crippen molar-refractivity contribution in [3.8, 4) is 5.69 Å². The normalized spacial score (nSPS) is 17.9. The van der Waals surface area contributed by atoms with Crippen molar-refractivity contribution in [3.05, 3.63) is 113 Å². The van der Waals surface area contributed by atoms with Gasteiger partial charge in [-0.2, -0.15) is 0 Å². The van der Waals surface area contributed by atoms with E-state index in [9.17, 15) is 4.39 Å². The Hall–Kier alpha value is -3.51. The van der Waals surface area contributed by atoms with Crippen molar-refractivity contribution in [3.63, 3.8) is 0 Å². The quantitative estimate of drug-likeness (QED) is 0.376. The molecule has 2 aromatic heterocycles. The molecule has 0 radical (unpaired) electrons. The Morgan fingerprint density at radius 3 is 2.42 bits per heavy atom. The van der Waals surface area contributed by atoms with Crippen LogP contribution in [0.3, 0.4) is 0 Å². The zero-order valence-corrected chi connectivity index (χ0v) is 19.6. The second-order valence-corrected chi connectivity index (χ2v) is 8.86. The molecular weight excluding hydrogens is 431 g/mol. The number of nitrogens with one attached hydrogen (secondary N) is 1. The molecule has 0 saturated carbocycles. The van der Waals surface area contributed by atoms with E-state index < -0.39 is 0 Å². The highest BCUT2D eigenvalue weighted by molar-refractivity contribution is 7.80. The highest BCUT2D eigenvalue weighted by atomic mass is 32.1. The van der Waals surface area contributed by atoms with Crippen LogP contribution in [-0.2, 0) is 0 Å². The van der Waals surface area contributed by atoms with Crippen LogP contribution in [0.1, 0.15) is 40.3 Å². The number of aryl methyl sites for hydroxylation is 2. The number of hydrogen-bond donors (Lipinski definition) is 1. The van der Waals surface area contributed by atoms with E-state index in [2.05, 4.69) is 70.9 Å². The van der Waals surface area contributed by atoms with Gasteiger partial charge in [-0.1, -0.05) is 24.3 Å². The third-order valence-electron chi connectivity index (χ3n) is 6.23. The molecule has 0 unspecified atom stereocenters. The molecule has 1 saturated heterocycles. The summed E-state index contributed by atoms with van der Waals surface area (Å²) in [7, 11) is 0. The first kappa shape index (κ1) is 21.3. The third kappa shape index (κ3) is 3.80. The molecule has 0 spiro atoms. The lowest BCUT2D eigenvalue weighted by Gasteiger charge is -2.28. The van der Waals surface area contributed by atoms with Crippen molar-refractivity contribution < 1.29 is 4.39 Å². The zero-order valence-electron chi connectivity index (χ0n) is 18.8. The minimum absolute atomic E-state index is 0.109. The molecule has 6 heteroatoms. The number of pyridine rings is 1. The first-order chi connectivity index (χ1) is 15.9. The summed E-state index contributed by atoms with van der Waals surface area (Å²) < 4.78 is 16.1. The lowest BCUT2D eigenvalue weighted by Crippen LogP contribution is -2.29. The second-order valence-electron chi connectivity index (χ2n) is 8.48. The smallest absolute Gasteiger partial charge is 0.174 e. The molecular formula is C27H25FN4S. The van der Waals surface area contributed by atoms with Gasteiger partial charge in [0.1, 0.15) is 5.82 Å². The predicted molar refractivity (Wildman–Crippen MR) is 134 cm³/mol. The summed E-state index contributed by atoms with van der Waals surface area (Å²) in [5.74, 6) is -0.252. The van der Waals surface area contributed by atoms with Crippen LogP contribution in [0, 0.1) is 26.6 Å². The van der Waals surface area contributed by atoms with Crippen molar-refractivity contribution in [2.45, 2.75) is 32.9 Å². The molecule has 1 aliphatic heterocycles. The maximum atomic E-state index is 14.0. The first-order valence-corrected chi connectivity index (χ1v) is 11.4. The topological polar surface area (TPSA) is 33.1 Å². The molecule has 0 bridgehead atoms. The van der Waals surface area contributed by atoms with Crippen LogP contribution in [0.5, 0.6) is 0 Å². The van der Waals surface area contributed by atoms with Crippen LogP contribution in [0.4, 0.5) is 10.1 Å². The van der Waals surface area contributed by atoms with Crippen LogP contribution in [0.15, 0.2) is 79.0 Å². The van der Waals surface area contributed by atoms with Gasteiger partial charge in [0.05, 0.1) is 17.8 Å². The number of halogens is 1. The van der Waals surface area contributed by atoms with Crippen molar-refractivity contribution in [1.82, 2.24) is 14.9 Å². The van der Waals surface area contributed by atoms with Gasteiger partial charge >= 0.3 is 0 Å². The standard InChI is InChI=1S/C27H25FN4S/c1-17-8-6-10-21(14-17)32-26(25(30-27(32)33)24-12-4-5-13-29-24)23-15-18(2)31(19(23)3)22-11-7-9-20(28)16-22/h4-16,25-26H,1-3H3,(H,30,33)/t25-,26+/m1/s1. The monoisotopic (exact) mass is 456 g/mol. The molecule has 166 valence electrons. The van der Waals surface area contributed by atoms with E-state index >= 15 is 0 Å². The fraction of sp³-hybridized carbons (Fsp3) is 0.185. The minimum Gasteiger partial charge on any atom is -0.351 e. The van der Waals surface area contributed by atoms with Gasteiger partial charge in [-0.3, -0.25) is 4.98 Å². The average Bonchev–Trinajstić information content (AvgIpc) is 3.29. The summed E-state index contributed by atoms with van der Waals surface area (Å²) in [5.41, 5.74) is 7.15. The fourth-order valence-electron chi connectivity index (χ4n) is 4.83. The van der Waals surface area contributed by atoms with Crippen molar-refractivity contribution >= 4 is 23.0 Å². The van der Waals surface area contributed by atoms with Gasteiger partial charge in [0, 0.05) is 29.0 Å². The number of hydrogen-bond acceptors (Lipinski definition) is 2. The first-order valence-electron chi connectivity index (χ1n) is 11.0. The summed E-state index contributed by atoms with van der Waals surface area (Å²) in [5, 5.41) is 4.18. The van der Waals surface area contributed by atoms with E-state index in [0.29, 0.717) is 5.11 Å². The second kappa shape index (κ2) is 8.45. The molecule has 5 rings (SSSR count). The van der Waals surface area contributed by atoms with Gasteiger partial charge in [0.15, 0.2) is 5.11 Å². The lowest BCUT2D eigenvalue weighted by molar-refractivity contribution is 0.565. The Balaban J connectivity index is 1.69. The average molecular weight is 457 g/mol. The molecule has 0 amide bonds. The van der Waals surface area contributed by atoms with Crippen LogP contribution in [0.25, 0.3) is 5.69 Å². The van der Waals surface area contributed by atoms with Crippen molar-refractivity contribution in [2.24, 2.45) is 0 Å². The molecule has 2 aromatic carbocycles. The van der Waals surface area contributed by atoms with Gasteiger partial charge in [0.2, 0.25) is 0 Å². The van der Waals surface area contributed by atoms with Gasteiger partial charge in [-0.25, -0.2) is 4.39 Å². The Morgan fingerprint density at radius 2 is 1.70 bits per heavy atom. The summed E-state index contributed by atoms with van der Waals surface area (Å²) in [4.78, 5) is 6.82. The summed E-state index contributed by atoms with van der Waals surface area (Å²) in [6, 6.07) is 22.9. The fourth-order valence-corrected chi connectivity index (χ4v) is 5.17. The molecule has 4 nitrogen and oxygen atoms in total. The number of anilines is 1. The highest BCUT2D eigenvalue weighted by Gasteiger charge is 2.42. The van der Waals surface area contributed by atoms with Crippen molar-refractivity contribution in [2.75, 3.05) is 4.90 Å². The van der Waals surface area contributed by atoms with E-state index in [4.69, 9.17) is 12.2 Å². The van der Waals surface area contributed by atoms with E-state index in [0.717, 1.165) is 34.0 Å². The maximum absolute atomic E-state index is 14.0. The SMILES string of the molecule is Cc1cccc(N2C(=S)N[C@H](c3ccccn3)[C@@H]2c2cc(C)n(-c3cccc(F)c3)c2C)c1. The Kier molecular flexibility index (Phi) is 5.46. The van der Waals surface area contributed by atoms with Gasteiger partial charge in [-0.15, -0.1) is 0 Å². The largest absolute Gasteiger partial charge is 0.351 e. The molecule has 1 aliphatic rings. The van der Waals surface area contributed by atoms with Gasteiger partial charge in [0.25, 0.3) is 0 Å². The Morgan fingerprint density at radius 1 is 0.909 bits per heavy atom. The molecule has 3 heterocycles. The van der Waals surface area contributed by atoms with E-state index in [1.165, 1.54) is 11.6 Å². The molecule has 1 N–H and O–H groups in total. The zero-order chi connectivity index (χ0) is 23.1. The number of thiocarbonyl (C=S) groups is 1. The van der Waals surface area contributed by atoms with Gasteiger partial charge in [-0.05, 0) is 92.6 Å². The van der Waals surface area contributed by atoms with E-state index in [1.807, 2.05) is 30.5 Å². The molecule has 4 aromatic rings. The molecule has 1 fully saturated rings. The van der Waals surface area contributed by atoms with Crippen LogP contribution >= 0.6 is 12.2 Å². The van der Waals surface area contributed by atoms with Crippen molar-refractivity contribution in [1.29, 1.82) is 0 Å². The lowest BCUT2D eigenvalue weighted by atomic mass is 9.96. The Bertz CT molecular complexity index is 1330. The van der Waals surface area contributed by atoms with E-state index in [1.54, 1.807) is 12.1 Å². The van der Waals surface area contributed by atoms with E-state index in [-0.39, 0.29) is 17.9 Å². The number of aromatic nitrogens is 2. The maximum Gasteiger partial charge on any atom is 0.174 e. The summed E-state index contributed by atoms with van der Waals surface area (Å²) >= 11 is 5.84. The Labute approximate surface area is 198 Å². The summed E-state index contributed by atoms with van der Waals surface area (Å²) in [6.45, 7) is 6.21. The minimum atomic E-state index is -0.252. The molecule has 2 atom stereocenters. The number of benzene rings is 2. The third-order valence-corrected chi connectivity index (χ3v) is 6.55.